The highest BCUT2D eigenvalue weighted by Crippen LogP contribution is 2.24. The monoisotopic (exact) mass is 494 g/mol. The second kappa shape index (κ2) is 9.62. The van der Waals surface area contributed by atoms with Crippen molar-refractivity contribution in [3.05, 3.63) is 57.3 Å². The van der Waals surface area contributed by atoms with Crippen LogP contribution in [0, 0.1) is 6.92 Å². The average Bonchev–Trinajstić information content (AvgIpc) is 2.73. The van der Waals surface area contributed by atoms with Crippen LogP contribution >= 0.6 is 23.4 Å². The summed E-state index contributed by atoms with van der Waals surface area (Å²) in [4.78, 5) is 30.1. The molecule has 0 radical (unpaired) electrons. The number of sulfonamides is 1. The summed E-state index contributed by atoms with van der Waals surface area (Å²) >= 11 is 7.16. The second-order valence-corrected chi connectivity index (χ2v) is 10.6. The van der Waals surface area contributed by atoms with Gasteiger partial charge in [-0.05, 0) is 63.7 Å². The summed E-state index contributed by atoms with van der Waals surface area (Å²) in [5, 5.41) is 4.02. The van der Waals surface area contributed by atoms with Crippen LogP contribution in [0.15, 0.2) is 51.2 Å². The molecule has 0 spiro atoms. The number of nitrogens with one attached hydrogen (secondary N) is 2. The lowest BCUT2D eigenvalue weighted by molar-refractivity contribution is -0.113. The molecule has 8 nitrogen and oxygen atoms in total. The van der Waals surface area contributed by atoms with Crippen molar-refractivity contribution in [2.45, 2.75) is 36.9 Å². The molecular formula is C21H23ClN4O4S2. The number of carbonyl (C=O) groups is 1. The minimum atomic E-state index is -3.65. The summed E-state index contributed by atoms with van der Waals surface area (Å²) in [5.74, 6) is -0.379. The highest BCUT2D eigenvalue weighted by atomic mass is 35.5. The Morgan fingerprint density at radius 1 is 1.22 bits per heavy atom. The first-order chi connectivity index (χ1) is 15.0. The number of aryl methyl sites for hydroxylation is 1. The number of aromatic nitrogens is 2. The van der Waals surface area contributed by atoms with Gasteiger partial charge in [0, 0.05) is 16.8 Å². The molecule has 0 atom stereocenters. The summed E-state index contributed by atoms with van der Waals surface area (Å²) in [5.41, 5.74) is 1.18. The van der Waals surface area contributed by atoms with Crippen molar-refractivity contribution in [3.8, 4) is 0 Å². The van der Waals surface area contributed by atoms with Gasteiger partial charge in [0.05, 0.1) is 21.6 Å². The van der Waals surface area contributed by atoms with Crippen molar-refractivity contribution in [3.63, 3.8) is 0 Å². The van der Waals surface area contributed by atoms with Crippen molar-refractivity contribution in [1.29, 1.82) is 0 Å². The van der Waals surface area contributed by atoms with Gasteiger partial charge >= 0.3 is 0 Å². The SMILES string of the molecule is CNS(=O)(=O)c1cc(NC(=O)CSc2nc3cc(Cl)ccc3c(=O)n2C(C)C)ccc1C. The number of rotatable bonds is 7. The maximum absolute atomic E-state index is 12.9. The second-order valence-electron chi connectivity index (χ2n) is 7.35. The van der Waals surface area contributed by atoms with E-state index in [9.17, 15) is 18.0 Å². The van der Waals surface area contributed by atoms with Crippen molar-refractivity contribution < 1.29 is 13.2 Å². The highest BCUT2D eigenvalue weighted by molar-refractivity contribution is 7.99. The predicted octanol–water partition coefficient (Wildman–Crippen LogP) is 3.58. The number of nitrogens with zero attached hydrogens (tertiary/aromatic N) is 2. The molecule has 0 bridgehead atoms. The number of amides is 1. The Morgan fingerprint density at radius 2 is 1.94 bits per heavy atom. The summed E-state index contributed by atoms with van der Waals surface area (Å²) in [6.45, 7) is 5.41. The number of fused-ring (bicyclic) bond motifs is 1. The smallest absolute Gasteiger partial charge is 0.262 e. The van der Waals surface area contributed by atoms with Crippen LogP contribution in [0.4, 0.5) is 5.69 Å². The topological polar surface area (TPSA) is 110 Å². The number of hydrogen-bond donors (Lipinski definition) is 2. The lowest BCUT2D eigenvalue weighted by Crippen LogP contribution is -2.25. The molecule has 0 unspecified atom stereocenters. The average molecular weight is 495 g/mol. The van der Waals surface area contributed by atoms with Crippen LogP contribution in [0.3, 0.4) is 0 Å². The summed E-state index contributed by atoms with van der Waals surface area (Å²) in [6.07, 6.45) is 0. The molecule has 3 rings (SSSR count). The van der Waals surface area contributed by atoms with Crippen molar-refractivity contribution >= 4 is 55.9 Å². The standard InChI is InChI=1S/C21H23ClN4O4S2/c1-12(2)26-20(28)16-8-6-14(22)9-17(16)25-21(26)31-11-19(27)24-15-7-5-13(3)18(10-15)32(29,30)23-4/h5-10,12,23H,11H2,1-4H3,(H,24,27). The maximum atomic E-state index is 12.9. The van der Waals surface area contributed by atoms with Crippen molar-refractivity contribution in [1.82, 2.24) is 14.3 Å². The van der Waals surface area contributed by atoms with Gasteiger partial charge in [-0.1, -0.05) is 29.4 Å². The molecule has 32 heavy (non-hydrogen) atoms. The van der Waals surface area contributed by atoms with Crippen LogP contribution in [0.5, 0.6) is 0 Å². The lowest BCUT2D eigenvalue weighted by Gasteiger charge is -2.16. The number of thioether (sulfide) groups is 1. The van der Waals surface area contributed by atoms with E-state index in [0.717, 1.165) is 11.8 Å². The molecule has 170 valence electrons. The number of anilines is 1. The van der Waals surface area contributed by atoms with E-state index in [4.69, 9.17) is 11.6 Å². The van der Waals surface area contributed by atoms with Gasteiger partial charge in [0.25, 0.3) is 5.56 Å². The van der Waals surface area contributed by atoms with E-state index in [1.54, 1.807) is 37.3 Å². The molecule has 3 aromatic rings. The number of hydrogen-bond acceptors (Lipinski definition) is 6. The van der Waals surface area contributed by atoms with Crippen LogP contribution in [0.1, 0.15) is 25.5 Å². The van der Waals surface area contributed by atoms with E-state index in [0.29, 0.717) is 32.3 Å². The van der Waals surface area contributed by atoms with E-state index < -0.39 is 10.0 Å². The third-order valence-corrected chi connectivity index (χ3v) is 7.45. The quantitative estimate of drug-likeness (QED) is 0.383. The van der Waals surface area contributed by atoms with E-state index in [1.807, 2.05) is 13.8 Å². The van der Waals surface area contributed by atoms with E-state index >= 15 is 0 Å². The molecule has 0 saturated carbocycles. The van der Waals surface area contributed by atoms with Crippen LogP contribution < -0.4 is 15.6 Å². The molecule has 1 heterocycles. The Bertz CT molecular complexity index is 1350. The summed E-state index contributed by atoms with van der Waals surface area (Å²) < 4.78 is 28.1. The molecule has 0 aliphatic rings. The third kappa shape index (κ3) is 5.15. The third-order valence-electron chi connectivity index (χ3n) is 4.71. The first kappa shape index (κ1) is 24.2. The van der Waals surface area contributed by atoms with Gasteiger partial charge in [0.1, 0.15) is 0 Å². The summed E-state index contributed by atoms with van der Waals surface area (Å²) in [7, 11) is -2.32. The molecule has 1 amide bonds. The van der Waals surface area contributed by atoms with Gasteiger partial charge in [0.2, 0.25) is 15.9 Å². The fraction of sp³-hybridized carbons (Fsp3) is 0.286. The molecule has 0 saturated heterocycles. The van der Waals surface area contributed by atoms with Crippen LogP contribution in [-0.2, 0) is 14.8 Å². The molecule has 0 fully saturated rings. The zero-order chi connectivity index (χ0) is 23.6. The minimum Gasteiger partial charge on any atom is -0.325 e. The van der Waals surface area contributed by atoms with Gasteiger partial charge in [-0.25, -0.2) is 18.1 Å². The molecule has 0 aliphatic heterocycles. The van der Waals surface area contributed by atoms with Gasteiger partial charge in [0.15, 0.2) is 5.16 Å². The molecule has 2 aromatic carbocycles. The fourth-order valence-electron chi connectivity index (χ4n) is 3.11. The van der Waals surface area contributed by atoms with Gasteiger partial charge in [-0.2, -0.15) is 0 Å². The van der Waals surface area contributed by atoms with Crippen molar-refractivity contribution in [2.75, 3.05) is 18.1 Å². The predicted molar refractivity (Wildman–Crippen MR) is 128 cm³/mol. The first-order valence-electron chi connectivity index (χ1n) is 9.72. The van der Waals surface area contributed by atoms with E-state index in [1.165, 1.54) is 17.7 Å². The first-order valence-corrected chi connectivity index (χ1v) is 12.6. The number of benzene rings is 2. The highest BCUT2D eigenvalue weighted by Gasteiger charge is 2.18. The molecule has 11 heteroatoms. The van der Waals surface area contributed by atoms with Gasteiger partial charge in [-0.3, -0.25) is 14.2 Å². The van der Waals surface area contributed by atoms with Crippen molar-refractivity contribution in [2.24, 2.45) is 0 Å². The maximum Gasteiger partial charge on any atom is 0.262 e. The Balaban J connectivity index is 1.84. The van der Waals surface area contributed by atoms with E-state index in [-0.39, 0.29) is 28.2 Å². The summed E-state index contributed by atoms with van der Waals surface area (Å²) in [6, 6.07) is 9.40. The molecule has 0 aliphatic carbocycles. The zero-order valence-electron chi connectivity index (χ0n) is 18.0. The number of carbonyl (C=O) groups excluding carboxylic acids is 1. The molecular weight excluding hydrogens is 472 g/mol. The van der Waals surface area contributed by atoms with Crippen LogP contribution in [-0.4, -0.2) is 36.7 Å². The number of halogens is 1. The normalized spacial score (nSPS) is 11.8. The van der Waals surface area contributed by atoms with Crippen LogP contribution in [0.2, 0.25) is 5.02 Å². The minimum absolute atomic E-state index is 0.0206. The molecule has 2 N–H and O–H groups in total. The Hall–Kier alpha value is -2.40. The van der Waals surface area contributed by atoms with Gasteiger partial charge in [-0.15, -0.1) is 0 Å². The lowest BCUT2D eigenvalue weighted by atomic mass is 10.2. The zero-order valence-corrected chi connectivity index (χ0v) is 20.4. The largest absolute Gasteiger partial charge is 0.325 e. The fourth-order valence-corrected chi connectivity index (χ4v) is 5.20. The Labute approximate surface area is 195 Å². The Morgan fingerprint density at radius 3 is 2.59 bits per heavy atom. The van der Waals surface area contributed by atoms with Crippen LogP contribution in [0.25, 0.3) is 10.9 Å². The Kier molecular flexibility index (Phi) is 7.29. The molecule has 1 aromatic heterocycles. The van der Waals surface area contributed by atoms with E-state index in [2.05, 4.69) is 15.0 Å². The van der Waals surface area contributed by atoms with Gasteiger partial charge < -0.3 is 5.32 Å².